The lowest BCUT2D eigenvalue weighted by Gasteiger charge is -2.25. The summed E-state index contributed by atoms with van der Waals surface area (Å²) in [7, 11) is -1.16. The van der Waals surface area contributed by atoms with Crippen LogP contribution in [0.1, 0.15) is 25.7 Å². The van der Waals surface area contributed by atoms with Gasteiger partial charge in [0.1, 0.15) is 6.54 Å². The molecule has 0 heterocycles. The molecule has 7 nitrogen and oxygen atoms in total. The summed E-state index contributed by atoms with van der Waals surface area (Å²) in [6.07, 6.45) is 3.95. The number of amides is 1. The van der Waals surface area contributed by atoms with Gasteiger partial charge in [0, 0.05) is 17.1 Å². The average Bonchev–Trinajstić information content (AvgIpc) is 3.25. The van der Waals surface area contributed by atoms with E-state index in [2.05, 4.69) is 5.32 Å². The number of methoxy groups -OCH3 is 2. The van der Waals surface area contributed by atoms with Gasteiger partial charge in [-0.15, -0.1) is 0 Å². The largest absolute Gasteiger partial charge is 0.493 e. The first-order valence-electron chi connectivity index (χ1n) is 9.65. The van der Waals surface area contributed by atoms with Crippen LogP contribution in [-0.4, -0.2) is 41.1 Å². The molecule has 0 spiro atoms. The number of anilines is 1. The molecule has 0 bridgehead atoms. The van der Waals surface area contributed by atoms with Crippen LogP contribution >= 0.6 is 11.6 Å². The van der Waals surface area contributed by atoms with Crippen molar-refractivity contribution in [2.45, 2.75) is 36.6 Å². The molecule has 0 atom stereocenters. The van der Waals surface area contributed by atoms with E-state index < -0.39 is 10.0 Å². The van der Waals surface area contributed by atoms with Gasteiger partial charge in [-0.05, 0) is 49.2 Å². The van der Waals surface area contributed by atoms with Crippen LogP contribution in [0.3, 0.4) is 0 Å². The lowest BCUT2D eigenvalue weighted by Crippen LogP contribution is -2.43. The van der Waals surface area contributed by atoms with Crippen molar-refractivity contribution in [3.63, 3.8) is 0 Å². The van der Waals surface area contributed by atoms with Crippen LogP contribution in [0, 0.1) is 0 Å². The van der Waals surface area contributed by atoms with Crippen molar-refractivity contribution in [2.75, 3.05) is 25.1 Å². The number of sulfonamides is 1. The zero-order valence-corrected chi connectivity index (χ0v) is 18.5. The van der Waals surface area contributed by atoms with Crippen molar-refractivity contribution in [1.29, 1.82) is 0 Å². The highest BCUT2D eigenvalue weighted by Crippen LogP contribution is 2.32. The van der Waals surface area contributed by atoms with Crippen molar-refractivity contribution in [2.24, 2.45) is 0 Å². The third kappa shape index (κ3) is 4.99. The minimum Gasteiger partial charge on any atom is -0.493 e. The van der Waals surface area contributed by atoms with E-state index in [0.717, 1.165) is 30.0 Å². The quantitative estimate of drug-likeness (QED) is 0.661. The van der Waals surface area contributed by atoms with Gasteiger partial charge in [0.25, 0.3) is 10.0 Å². The zero-order chi connectivity index (χ0) is 21.7. The fourth-order valence-electron chi connectivity index (χ4n) is 3.50. The molecule has 2 aromatic carbocycles. The Labute approximate surface area is 182 Å². The second kappa shape index (κ2) is 9.57. The van der Waals surface area contributed by atoms with Gasteiger partial charge in [0.2, 0.25) is 5.91 Å². The fraction of sp³-hybridized carbons (Fsp3) is 0.381. The van der Waals surface area contributed by atoms with Crippen LogP contribution in [0.4, 0.5) is 5.69 Å². The highest BCUT2D eigenvalue weighted by molar-refractivity contribution is 7.92. The Balaban J connectivity index is 1.95. The Kier molecular flexibility index (Phi) is 7.10. The second-order valence-corrected chi connectivity index (χ2v) is 9.35. The lowest BCUT2D eigenvalue weighted by atomic mass is 10.2. The molecule has 1 saturated carbocycles. The zero-order valence-electron chi connectivity index (χ0n) is 16.9. The van der Waals surface area contributed by atoms with Crippen LogP contribution in [0.2, 0.25) is 5.02 Å². The minimum atomic E-state index is -4.06. The van der Waals surface area contributed by atoms with Crippen LogP contribution in [0.15, 0.2) is 47.4 Å². The van der Waals surface area contributed by atoms with Gasteiger partial charge < -0.3 is 14.8 Å². The summed E-state index contributed by atoms with van der Waals surface area (Å²) < 4.78 is 38.5. The van der Waals surface area contributed by atoms with Crippen molar-refractivity contribution in [3.05, 3.63) is 47.5 Å². The fourth-order valence-corrected chi connectivity index (χ4v) is 5.06. The predicted octanol–water partition coefficient (Wildman–Crippen LogP) is 3.61. The van der Waals surface area contributed by atoms with Crippen molar-refractivity contribution in [1.82, 2.24) is 5.32 Å². The number of halogens is 1. The van der Waals surface area contributed by atoms with Crippen LogP contribution in [-0.2, 0) is 14.8 Å². The van der Waals surface area contributed by atoms with Gasteiger partial charge >= 0.3 is 0 Å². The van der Waals surface area contributed by atoms with Crippen molar-refractivity contribution < 1.29 is 22.7 Å². The summed E-state index contributed by atoms with van der Waals surface area (Å²) in [5.74, 6) is 0.347. The Hall–Kier alpha value is -2.45. The monoisotopic (exact) mass is 452 g/mol. The van der Waals surface area contributed by atoms with E-state index in [1.54, 1.807) is 24.3 Å². The number of carbonyl (C=O) groups excluding carboxylic acids is 1. The summed E-state index contributed by atoms with van der Waals surface area (Å²) in [6, 6.07) is 10.7. The van der Waals surface area contributed by atoms with Crippen molar-refractivity contribution >= 4 is 33.2 Å². The van der Waals surface area contributed by atoms with E-state index in [0.29, 0.717) is 16.5 Å². The predicted molar refractivity (Wildman–Crippen MR) is 116 cm³/mol. The number of ether oxygens (including phenoxy) is 2. The van der Waals surface area contributed by atoms with Crippen LogP contribution < -0.4 is 19.1 Å². The first-order valence-corrected chi connectivity index (χ1v) is 11.5. The second-order valence-electron chi connectivity index (χ2n) is 7.05. The molecule has 3 rings (SSSR count). The Morgan fingerprint density at radius 3 is 2.30 bits per heavy atom. The van der Waals surface area contributed by atoms with E-state index in [4.69, 9.17) is 21.1 Å². The van der Waals surface area contributed by atoms with Gasteiger partial charge in [-0.2, -0.15) is 0 Å². The third-order valence-electron chi connectivity index (χ3n) is 5.07. The number of rotatable bonds is 8. The summed E-state index contributed by atoms with van der Waals surface area (Å²) in [4.78, 5) is 12.7. The molecule has 0 unspecified atom stereocenters. The molecule has 0 radical (unpaired) electrons. The molecule has 1 aliphatic carbocycles. The molecule has 162 valence electrons. The van der Waals surface area contributed by atoms with Gasteiger partial charge in [-0.25, -0.2) is 8.42 Å². The lowest BCUT2D eigenvalue weighted by molar-refractivity contribution is -0.120. The molecule has 0 saturated heterocycles. The molecule has 0 aliphatic heterocycles. The summed E-state index contributed by atoms with van der Waals surface area (Å²) in [6.45, 7) is -0.338. The van der Waals surface area contributed by atoms with Crippen molar-refractivity contribution in [3.8, 4) is 11.5 Å². The highest BCUT2D eigenvalue weighted by atomic mass is 35.5. The van der Waals surface area contributed by atoms with E-state index in [1.165, 1.54) is 32.4 Å². The topological polar surface area (TPSA) is 84.9 Å². The molecule has 1 amide bonds. The van der Waals surface area contributed by atoms with E-state index in [1.807, 2.05) is 0 Å². The maximum absolute atomic E-state index is 13.5. The van der Waals surface area contributed by atoms with Crippen LogP contribution in [0.25, 0.3) is 0 Å². The summed E-state index contributed by atoms with van der Waals surface area (Å²) >= 11 is 5.96. The first kappa shape index (κ1) is 22.2. The normalized spacial score (nSPS) is 14.4. The van der Waals surface area contributed by atoms with Gasteiger partial charge in [0.05, 0.1) is 24.8 Å². The number of hydrogen-bond donors (Lipinski definition) is 1. The smallest absolute Gasteiger partial charge is 0.264 e. The summed E-state index contributed by atoms with van der Waals surface area (Å²) in [5.41, 5.74) is 0.343. The maximum Gasteiger partial charge on any atom is 0.264 e. The minimum absolute atomic E-state index is 0.0104. The van der Waals surface area contributed by atoms with Crippen LogP contribution in [0.5, 0.6) is 11.5 Å². The van der Waals surface area contributed by atoms with E-state index >= 15 is 0 Å². The first-order chi connectivity index (χ1) is 14.3. The number of carbonyl (C=O) groups is 1. The van der Waals surface area contributed by atoms with Gasteiger partial charge in [-0.3, -0.25) is 9.10 Å². The SMILES string of the molecule is COc1ccc(S(=O)(=O)N(CC(=O)NC2CCCC2)c2ccc(Cl)cc2)cc1OC. The molecule has 2 aromatic rings. The Morgan fingerprint density at radius 2 is 1.70 bits per heavy atom. The molecule has 9 heteroatoms. The standard InChI is InChI=1S/C21H25ClN2O5S/c1-28-19-12-11-18(13-20(19)29-2)30(26,27)24(17-9-7-15(22)8-10-17)14-21(25)23-16-5-3-4-6-16/h7-13,16H,3-6,14H2,1-2H3,(H,23,25). The van der Waals surface area contributed by atoms with Gasteiger partial charge in [0.15, 0.2) is 11.5 Å². The highest BCUT2D eigenvalue weighted by Gasteiger charge is 2.29. The molecule has 1 aliphatic rings. The Morgan fingerprint density at radius 1 is 1.07 bits per heavy atom. The third-order valence-corrected chi connectivity index (χ3v) is 7.09. The molecular formula is C21H25ClN2O5S. The molecule has 30 heavy (non-hydrogen) atoms. The van der Waals surface area contributed by atoms with E-state index in [-0.39, 0.29) is 29.1 Å². The molecule has 0 aromatic heterocycles. The summed E-state index contributed by atoms with van der Waals surface area (Å²) in [5, 5.41) is 3.41. The molecule has 1 N–H and O–H groups in total. The number of nitrogens with one attached hydrogen (secondary N) is 1. The number of nitrogens with zero attached hydrogens (tertiary/aromatic N) is 1. The van der Waals surface area contributed by atoms with E-state index in [9.17, 15) is 13.2 Å². The number of hydrogen-bond acceptors (Lipinski definition) is 5. The number of benzene rings is 2. The average molecular weight is 453 g/mol. The van der Waals surface area contributed by atoms with Gasteiger partial charge in [-0.1, -0.05) is 24.4 Å². The Bertz CT molecular complexity index is 989. The molecule has 1 fully saturated rings. The maximum atomic E-state index is 13.5. The molecular weight excluding hydrogens is 428 g/mol.